The summed E-state index contributed by atoms with van der Waals surface area (Å²) in [5.41, 5.74) is 1.81. The van der Waals surface area contributed by atoms with E-state index in [2.05, 4.69) is 26.2 Å². The van der Waals surface area contributed by atoms with Crippen LogP contribution in [0.1, 0.15) is 0 Å². The molecule has 16 heavy (non-hydrogen) atoms. The molecule has 1 heterocycles. The van der Waals surface area contributed by atoms with Crippen LogP contribution in [-0.4, -0.2) is 35.3 Å². The second kappa shape index (κ2) is 5.38. The van der Waals surface area contributed by atoms with E-state index < -0.39 is 0 Å². The number of methoxy groups -OCH3 is 1. The molecule has 0 amide bonds. The van der Waals surface area contributed by atoms with Crippen LogP contribution in [0.3, 0.4) is 0 Å². The normalized spacial score (nSPS) is 11.1. The van der Waals surface area contributed by atoms with Gasteiger partial charge in [0, 0.05) is 11.6 Å². The Morgan fingerprint density at radius 3 is 3.06 bits per heavy atom. The predicted octanol–water partition coefficient (Wildman–Crippen LogP) is 1.81. The van der Waals surface area contributed by atoms with Gasteiger partial charge in [-0.05, 0) is 18.2 Å². The van der Waals surface area contributed by atoms with Crippen LogP contribution in [-0.2, 0) is 16.2 Å². The Bertz CT molecular complexity index is 472. The van der Waals surface area contributed by atoms with Gasteiger partial charge in [0.15, 0.2) is 0 Å². The van der Waals surface area contributed by atoms with E-state index in [1.807, 2.05) is 18.2 Å². The number of ether oxygens (including phenoxy) is 2. The van der Waals surface area contributed by atoms with E-state index in [9.17, 15) is 0 Å². The van der Waals surface area contributed by atoms with Gasteiger partial charge in [-0.2, -0.15) is 0 Å². The Labute approximate surface area is 101 Å². The van der Waals surface area contributed by atoms with E-state index in [-0.39, 0.29) is 0 Å². The van der Waals surface area contributed by atoms with Crippen molar-refractivity contribution in [1.82, 2.24) is 15.0 Å². The average Bonchev–Trinajstić information content (AvgIpc) is 2.67. The molecule has 0 unspecified atom stereocenters. The third kappa shape index (κ3) is 2.58. The van der Waals surface area contributed by atoms with Crippen LogP contribution in [0.4, 0.5) is 0 Å². The predicted molar refractivity (Wildman–Crippen MR) is 63.1 cm³/mol. The summed E-state index contributed by atoms with van der Waals surface area (Å²) in [6, 6.07) is 5.84. The quantitative estimate of drug-likeness (QED) is 0.787. The zero-order valence-electron chi connectivity index (χ0n) is 8.89. The maximum Gasteiger partial charge on any atom is 0.141 e. The first-order valence-corrected chi connectivity index (χ1v) is 5.66. The lowest BCUT2D eigenvalue weighted by atomic mass is 10.3. The van der Waals surface area contributed by atoms with Crippen molar-refractivity contribution in [2.75, 3.05) is 20.3 Å². The third-order valence-electron chi connectivity index (χ3n) is 2.12. The highest BCUT2D eigenvalue weighted by atomic mass is 79.9. The van der Waals surface area contributed by atoms with Gasteiger partial charge < -0.3 is 9.47 Å². The number of benzene rings is 1. The van der Waals surface area contributed by atoms with Crippen molar-refractivity contribution in [3.63, 3.8) is 0 Å². The van der Waals surface area contributed by atoms with Crippen molar-refractivity contribution in [2.24, 2.45) is 0 Å². The highest BCUT2D eigenvalue weighted by Crippen LogP contribution is 2.17. The minimum Gasteiger partial charge on any atom is -0.382 e. The van der Waals surface area contributed by atoms with Crippen LogP contribution >= 0.6 is 15.9 Å². The highest BCUT2D eigenvalue weighted by Gasteiger charge is 2.04. The van der Waals surface area contributed by atoms with Gasteiger partial charge in [-0.1, -0.05) is 21.1 Å². The summed E-state index contributed by atoms with van der Waals surface area (Å²) in [7, 11) is 1.64. The Balaban J connectivity index is 2.07. The molecule has 0 spiro atoms. The molecule has 1 aromatic carbocycles. The standard InChI is InChI=1S/C10H12BrN3O2/c1-15-4-5-16-7-14-10-3-2-8(11)6-9(10)12-13-14/h2-3,6H,4-5,7H2,1H3. The fourth-order valence-corrected chi connectivity index (χ4v) is 1.68. The first-order valence-electron chi connectivity index (χ1n) is 4.86. The van der Waals surface area contributed by atoms with Crippen LogP contribution in [0.25, 0.3) is 11.0 Å². The van der Waals surface area contributed by atoms with E-state index in [0.717, 1.165) is 15.5 Å². The number of hydrogen-bond acceptors (Lipinski definition) is 4. The molecule has 1 aromatic heterocycles. The summed E-state index contributed by atoms with van der Waals surface area (Å²) >= 11 is 3.39. The SMILES string of the molecule is COCCOCn1nnc2cc(Br)ccc21. The van der Waals surface area contributed by atoms with Gasteiger partial charge in [-0.3, -0.25) is 0 Å². The fourth-order valence-electron chi connectivity index (χ4n) is 1.33. The lowest BCUT2D eigenvalue weighted by molar-refractivity contribution is 0.0300. The maximum absolute atomic E-state index is 5.38. The first-order chi connectivity index (χ1) is 7.81. The Morgan fingerprint density at radius 2 is 2.25 bits per heavy atom. The molecule has 0 aliphatic rings. The maximum atomic E-state index is 5.38. The van der Waals surface area contributed by atoms with Crippen molar-refractivity contribution in [3.05, 3.63) is 22.7 Å². The van der Waals surface area contributed by atoms with Crippen molar-refractivity contribution < 1.29 is 9.47 Å². The summed E-state index contributed by atoms with van der Waals surface area (Å²) in [6.07, 6.45) is 0. The average molecular weight is 286 g/mol. The molecule has 2 aromatic rings. The topological polar surface area (TPSA) is 49.2 Å². The van der Waals surface area contributed by atoms with Crippen molar-refractivity contribution in [2.45, 2.75) is 6.73 Å². The summed E-state index contributed by atoms with van der Waals surface area (Å²) in [5.74, 6) is 0. The zero-order chi connectivity index (χ0) is 11.4. The Kier molecular flexibility index (Phi) is 3.87. The first kappa shape index (κ1) is 11.5. The lowest BCUT2D eigenvalue weighted by Crippen LogP contribution is -2.08. The number of fused-ring (bicyclic) bond motifs is 1. The minimum absolute atomic E-state index is 0.390. The highest BCUT2D eigenvalue weighted by molar-refractivity contribution is 9.10. The fraction of sp³-hybridized carbons (Fsp3) is 0.400. The zero-order valence-corrected chi connectivity index (χ0v) is 10.5. The van der Waals surface area contributed by atoms with E-state index in [1.54, 1.807) is 11.8 Å². The van der Waals surface area contributed by atoms with Gasteiger partial charge in [-0.25, -0.2) is 4.68 Å². The van der Waals surface area contributed by atoms with E-state index in [1.165, 1.54) is 0 Å². The number of hydrogen-bond donors (Lipinski definition) is 0. The van der Waals surface area contributed by atoms with E-state index in [4.69, 9.17) is 9.47 Å². The lowest BCUT2D eigenvalue weighted by Gasteiger charge is -2.03. The van der Waals surface area contributed by atoms with Gasteiger partial charge in [0.1, 0.15) is 12.2 Å². The largest absolute Gasteiger partial charge is 0.382 e. The van der Waals surface area contributed by atoms with Gasteiger partial charge in [0.2, 0.25) is 0 Å². The summed E-state index contributed by atoms with van der Waals surface area (Å²) in [6.45, 7) is 1.52. The Hall–Kier alpha value is -0.980. The molecule has 0 fully saturated rings. The number of nitrogens with zero attached hydrogens (tertiary/aromatic N) is 3. The molecule has 0 aliphatic heterocycles. The van der Waals surface area contributed by atoms with Crippen molar-refractivity contribution in [3.8, 4) is 0 Å². The molecule has 0 aliphatic carbocycles. The summed E-state index contributed by atoms with van der Waals surface area (Å²) in [5, 5.41) is 8.06. The molecular formula is C10H12BrN3O2. The van der Waals surface area contributed by atoms with Crippen LogP contribution in [0.15, 0.2) is 22.7 Å². The van der Waals surface area contributed by atoms with Gasteiger partial charge in [0.05, 0.1) is 18.7 Å². The van der Waals surface area contributed by atoms with Crippen LogP contribution in [0, 0.1) is 0 Å². The second-order valence-corrected chi connectivity index (χ2v) is 4.17. The molecule has 6 heteroatoms. The molecule has 0 saturated heterocycles. The minimum atomic E-state index is 0.390. The molecular weight excluding hydrogens is 274 g/mol. The summed E-state index contributed by atoms with van der Waals surface area (Å²) < 4.78 is 13.0. The van der Waals surface area contributed by atoms with E-state index >= 15 is 0 Å². The van der Waals surface area contributed by atoms with Gasteiger partial charge in [0.25, 0.3) is 0 Å². The molecule has 0 N–H and O–H groups in total. The van der Waals surface area contributed by atoms with Crippen LogP contribution in [0.2, 0.25) is 0 Å². The molecule has 0 radical (unpaired) electrons. The molecule has 2 rings (SSSR count). The van der Waals surface area contributed by atoms with Gasteiger partial charge >= 0.3 is 0 Å². The van der Waals surface area contributed by atoms with Crippen LogP contribution in [0.5, 0.6) is 0 Å². The molecule has 0 bridgehead atoms. The van der Waals surface area contributed by atoms with Crippen LogP contribution < -0.4 is 0 Å². The van der Waals surface area contributed by atoms with Gasteiger partial charge in [-0.15, -0.1) is 5.10 Å². The molecule has 5 nitrogen and oxygen atoms in total. The Morgan fingerprint density at radius 1 is 1.38 bits per heavy atom. The summed E-state index contributed by atoms with van der Waals surface area (Å²) in [4.78, 5) is 0. The second-order valence-electron chi connectivity index (χ2n) is 3.25. The number of aromatic nitrogens is 3. The number of rotatable bonds is 5. The molecule has 0 atom stereocenters. The molecule has 0 saturated carbocycles. The molecule has 86 valence electrons. The van der Waals surface area contributed by atoms with Crippen molar-refractivity contribution in [1.29, 1.82) is 0 Å². The smallest absolute Gasteiger partial charge is 0.141 e. The van der Waals surface area contributed by atoms with Crippen molar-refractivity contribution >= 4 is 27.0 Å². The third-order valence-corrected chi connectivity index (χ3v) is 2.61. The monoisotopic (exact) mass is 285 g/mol. The number of halogens is 1. The van der Waals surface area contributed by atoms with E-state index in [0.29, 0.717) is 19.9 Å².